The van der Waals surface area contributed by atoms with Crippen molar-refractivity contribution in [2.75, 3.05) is 12.4 Å². The average molecular weight is 203 g/mol. The lowest BCUT2D eigenvalue weighted by Crippen LogP contribution is -2.23. The predicted octanol–water partition coefficient (Wildman–Crippen LogP) is 1.92. The van der Waals surface area contributed by atoms with E-state index in [1.165, 1.54) is 30.4 Å². The summed E-state index contributed by atoms with van der Waals surface area (Å²) in [6.45, 7) is 0. The maximum Gasteiger partial charge on any atom is 0.192 e. The van der Waals surface area contributed by atoms with Gasteiger partial charge in [-0.15, -0.1) is 0 Å². The minimum absolute atomic E-state index is 0.481. The van der Waals surface area contributed by atoms with Crippen molar-refractivity contribution < 1.29 is 0 Å². The van der Waals surface area contributed by atoms with Gasteiger partial charge in [-0.1, -0.05) is 12.1 Å². The highest BCUT2D eigenvalue weighted by molar-refractivity contribution is 5.93. The minimum Gasteiger partial charge on any atom is -0.370 e. The van der Waals surface area contributed by atoms with E-state index in [9.17, 15) is 0 Å². The molecule has 0 saturated heterocycles. The highest BCUT2D eigenvalue weighted by atomic mass is 15.1. The fraction of sp³-hybridized carbons (Fsp3) is 0.417. The van der Waals surface area contributed by atoms with Gasteiger partial charge in [-0.25, -0.2) is 0 Å². The molecule has 0 atom stereocenters. The fourth-order valence-electron chi connectivity index (χ4n) is 2.09. The van der Waals surface area contributed by atoms with E-state index in [4.69, 9.17) is 5.73 Å². The van der Waals surface area contributed by atoms with Crippen LogP contribution in [-0.4, -0.2) is 13.0 Å². The molecule has 0 unspecified atom stereocenters. The van der Waals surface area contributed by atoms with Crippen molar-refractivity contribution in [3.8, 4) is 0 Å². The summed E-state index contributed by atoms with van der Waals surface area (Å²) < 4.78 is 0. The van der Waals surface area contributed by atoms with E-state index in [-0.39, 0.29) is 0 Å². The number of anilines is 1. The maximum absolute atomic E-state index is 5.68. The minimum atomic E-state index is 0.481. The second-order valence-electron chi connectivity index (χ2n) is 3.88. The van der Waals surface area contributed by atoms with Crippen LogP contribution in [0.15, 0.2) is 23.2 Å². The molecule has 80 valence electrons. The molecular formula is C12H17N3. The molecule has 0 aromatic heterocycles. The number of aliphatic imine (C=N–C) groups is 1. The van der Waals surface area contributed by atoms with Crippen molar-refractivity contribution in [2.24, 2.45) is 10.7 Å². The molecule has 0 aliphatic heterocycles. The first kappa shape index (κ1) is 10.0. The van der Waals surface area contributed by atoms with E-state index in [0.717, 1.165) is 12.1 Å². The number of hydrogen-bond donors (Lipinski definition) is 2. The number of fused-ring (bicyclic) bond motifs is 1. The number of benzene rings is 1. The van der Waals surface area contributed by atoms with E-state index in [1.54, 1.807) is 7.05 Å². The zero-order valence-electron chi connectivity index (χ0n) is 9.09. The Morgan fingerprint density at radius 1 is 1.33 bits per heavy atom. The molecule has 1 aromatic rings. The smallest absolute Gasteiger partial charge is 0.192 e. The second kappa shape index (κ2) is 4.34. The molecular weight excluding hydrogens is 186 g/mol. The summed E-state index contributed by atoms with van der Waals surface area (Å²) >= 11 is 0. The summed E-state index contributed by atoms with van der Waals surface area (Å²) in [4.78, 5) is 3.92. The van der Waals surface area contributed by atoms with Gasteiger partial charge in [0.15, 0.2) is 5.96 Å². The Morgan fingerprint density at radius 3 is 2.93 bits per heavy atom. The maximum atomic E-state index is 5.68. The van der Waals surface area contributed by atoms with Crippen molar-refractivity contribution in [3.63, 3.8) is 0 Å². The monoisotopic (exact) mass is 203 g/mol. The molecule has 0 radical (unpaired) electrons. The van der Waals surface area contributed by atoms with Crippen LogP contribution < -0.4 is 11.1 Å². The average Bonchev–Trinajstić information content (AvgIpc) is 2.29. The Balaban J connectivity index is 2.31. The van der Waals surface area contributed by atoms with Gasteiger partial charge in [0.1, 0.15) is 0 Å². The van der Waals surface area contributed by atoms with Crippen LogP contribution in [0.1, 0.15) is 24.0 Å². The van der Waals surface area contributed by atoms with Crippen molar-refractivity contribution >= 4 is 11.6 Å². The Morgan fingerprint density at radius 2 is 2.13 bits per heavy atom. The van der Waals surface area contributed by atoms with E-state index in [1.807, 2.05) is 0 Å². The zero-order valence-corrected chi connectivity index (χ0v) is 9.09. The van der Waals surface area contributed by atoms with Gasteiger partial charge in [-0.2, -0.15) is 0 Å². The molecule has 0 bridgehead atoms. The summed E-state index contributed by atoms with van der Waals surface area (Å²) in [5, 5.41) is 3.15. The summed E-state index contributed by atoms with van der Waals surface area (Å²) in [7, 11) is 1.69. The summed E-state index contributed by atoms with van der Waals surface area (Å²) in [5.41, 5.74) is 9.66. The first-order valence-corrected chi connectivity index (χ1v) is 5.41. The van der Waals surface area contributed by atoms with Crippen LogP contribution in [0.2, 0.25) is 0 Å². The number of nitrogens with zero attached hydrogens (tertiary/aromatic N) is 1. The molecule has 0 spiro atoms. The SMILES string of the molecule is CN=C(N)Nc1cccc2c1CCCC2. The molecule has 0 saturated carbocycles. The number of nitrogens with one attached hydrogen (secondary N) is 1. The molecule has 3 nitrogen and oxygen atoms in total. The largest absolute Gasteiger partial charge is 0.370 e. The van der Waals surface area contributed by atoms with Crippen LogP contribution in [0, 0.1) is 0 Å². The molecule has 3 heteroatoms. The lowest BCUT2D eigenvalue weighted by atomic mass is 9.90. The van der Waals surface area contributed by atoms with Crippen LogP contribution in [0.4, 0.5) is 5.69 Å². The molecule has 0 amide bonds. The lowest BCUT2D eigenvalue weighted by Gasteiger charge is -2.19. The molecule has 1 aliphatic carbocycles. The van der Waals surface area contributed by atoms with Gasteiger partial charge in [0.25, 0.3) is 0 Å². The van der Waals surface area contributed by atoms with Crippen molar-refractivity contribution in [3.05, 3.63) is 29.3 Å². The molecule has 15 heavy (non-hydrogen) atoms. The standard InChI is InChI=1S/C12H17N3/c1-14-12(13)15-11-8-4-6-9-5-2-3-7-10(9)11/h4,6,8H,2-3,5,7H2,1H3,(H3,13,14,15). The van der Waals surface area contributed by atoms with Crippen LogP contribution in [-0.2, 0) is 12.8 Å². The lowest BCUT2D eigenvalue weighted by molar-refractivity contribution is 0.687. The van der Waals surface area contributed by atoms with Gasteiger partial charge in [0, 0.05) is 12.7 Å². The van der Waals surface area contributed by atoms with Crippen LogP contribution in [0.5, 0.6) is 0 Å². The van der Waals surface area contributed by atoms with E-state index >= 15 is 0 Å². The summed E-state index contributed by atoms with van der Waals surface area (Å²) in [6, 6.07) is 6.36. The summed E-state index contributed by atoms with van der Waals surface area (Å²) in [6.07, 6.45) is 4.91. The van der Waals surface area contributed by atoms with Crippen molar-refractivity contribution in [1.29, 1.82) is 0 Å². The predicted molar refractivity (Wildman–Crippen MR) is 64.3 cm³/mol. The van der Waals surface area contributed by atoms with Gasteiger partial charge in [-0.05, 0) is 42.9 Å². The highest BCUT2D eigenvalue weighted by Crippen LogP contribution is 2.27. The fourth-order valence-corrected chi connectivity index (χ4v) is 2.09. The Bertz CT molecular complexity index is 382. The zero-order chi connectivity index (χ0) is 10.7. The molecule has 0 heterocycles. The molecule has 0 fully saturated rings. The first-order chi connectivity index (χ1) is 7.31. The quantitative estimate of drug-likeness (QED) is 0.541. The van der Waals surface area contributed by atoms with Crippen LogP contribution in [0.3, 0.4) is 0 Å². The summed E-state index contributed by atoms with van der Waals surface area (Å²) in [5.74, 6) is 0.481. The second-order valence-corrected chi connectivity index (χ2v) is 3.88. The molecule has 3 N–H and O–H groups in total. The third-order valence-corrected chi connectivity index (χ3v) is 2.90. The number of rotatable bonds is 1. The Hall–Kier alpha value is -1.51. The third kappa shape index (κ3) is 2.12. The van der Waals surface area contributed by atoms with Gasteiger partial charge in [0.05, 0.1) is 0 Å². The molecule has 1 aliphatic rings. The third-order valence-electron chi connectivity index (χ3n) is 2.90. The van der Waals surface area contributed by atoms with E-state index in [2.05, 4.69) is 28.5 Å². The van der Waals surface area contributed by atoms with Gasteiger partial charge in [-0.3, -0.25) is 4.99 Å². The van der Waals surface area contributed by atoms with E-state index < -0.39 is 0 Å². The van der Waals surface area contributed by atoms with Crippen LogP contribution >= 0.6 is 0 Å². The topological polar surface area (TPSA) is 50.4 Å². The number of aryl methyl sites for hydroxylation is 1. The van der Waals surface area contributed by atoms with Crippen molar-refractivity contribution in [1.82, 2.24) is 0 Å². The van der Waals surface area contributed by atoms with Gasteiger partial charge in [0.2, 0.25) is 0 Å². The normalized spacial score (nSPS) is 15.9. The van der Waals surface area contributed by atoms with Crippen LogP contribution in [0.25, 0.3) is 0 Å². The number of hydrogen-bond acceptors (Lipinski definition) is 1. The van der Waals surface area contributed by atoms with Gasteiger partial charge >= 0.3 is 0 Å². The number of guanidine groups is 1. The number of nitrogens with two attached hydrogens (primary N) is 1. The highest BCUT2D eigenvalue weighted by Gasteiger charge is 2.12. The Kier molecular flexibility index (Phi) is 2.90. The van der Waals surface area contributed by atoms with Gasteiger partial charge < -0.3 is 11.1 Å². The molecule has 2 rings (SSSR count). The first-order valence-electron chi connectivity index (χ1n) is 5.41. The van der Waals surface area contributed by atoms with E-state index in [0.29, 0.717) is 5.96 Å². The van der Waals surface area contributed by atoms with Crippen molar-refractivity contribution in [2.45, 2.75) is 25.7 Å². The Labute approximate surface area is 90.4 Å². The molecule has 1 aromatic carbocycles.